The van der Waals surface area contributed by atoms with Gasteiger partial charge in [-0.2, -0.15) is 12.7 Å². The summed E-state index contributed by atoms with van der Waals surface area (Å²) in [6.45, 7) is 2.10. The number of rotatable bonds is 7. The molecule has 1 N–H and O–H groups in total. The van der Waals surface area contributed by atoms with Gasteiger partial charge in [-0.3, -0.25) is 18.5 Å². The fourth-order valence-electron chi connectivity index (χ4n) is 5.83. The van der Waals surface area contributed by atoms with E-state index in [-0.39, 0.29) is 49.9 Å². The monoisotopic (exact) mass is 627 g/mol. The minimum atomic E-state index is -3.84. The summed E-state index contributed by atoms with van der Waals surface area (Å²) in [5.74, 6) is -1.03. The van der Waals surface area contributed by atoms with Crippen LogP contribution < -0.4 is 19.9 Å². The van der Waals surface area contributed by atoms with Crippen LogP contribution in [0.5, 0.6) is 5.75 Å². The van der Waals surface area contributed by atoms with Crippen LogP contribution in [0.2, 0.25) is 0 Å². The first-order chi connectivity index (χ1) is 21.2. The molecule has 2 aromatic carbocycles. The number of aromatic nitrogens is 2. The maximum absolute atomic E-state index is 14.3. The lowest BCUT2D eigenvalue weighted by atomic mass is 9.80. The molecule has 2 fully saturated rings. The summed E-state index contributed by atoms with van der Waals surface area (Å²) in [6, 6.07) is 13.0. The molecule has 0 saturated carbocycles. The lowest BCUT2D eigenvalue weighted by Gasteiger charge is -2.36. The number of likely N-dealkylation sites (N-methyl/N-ethyl adjacent to an activating group) is 1. The molecule has 3 aliphatic rings. The molecule has 0 aliphatic carbocycles. The van der Waals surface area contributed by atoms with Gasteiger partial charge in [0.25, 0.3) is 11.5 Å². The second kappa shape index (κ2) is 12.3. The molecule has 1 amide bonds. The first kappa shape index (κ1) is 30.2. The average Bonchev–Trinajstić information content (AvgIpc) is 3.18. The number of amides is 1. The van der Waals surface area contributed by atoms with Gasteiger partial charge in [0, 0.05) is 39.9 Å². The summed E-state index contributed by atoms with van der Waals surface area (Å²) >= 11 is 0. The highest BCUT2D eigenvalue weighted by Crippen LogP contribution is 2.36. The highest BCUT2D eigenvalue weighted by Gasteiger charge is 2.42. The number of anilines is 1. The van der Waals surface area contributed by atoms with Gasteiger partial charge in [-0.15, -0.1) is 0 Å². The first-order valence-corrected chi connectivity index (χ1v) is 15.9. The molecule has 1 aromatic heterocycles. The molecule has 14 heteroatoms. The largest absolute Gasteiger partial charge is 0.481 e. The first-order valence-electron chi connectivity index (χ1n) is 14.5. The van der Waals surface area contributed by atoms with Gasteiger partial charge in [0.05, 0.1) is 30.9 Å². The van der Waals surface area contributed by atoms with E-state index in [1.807, 2.05) is 30.3 Å². The lowest BCUT2D eigenvalue weighted by Crippen LogP contribution is -2.43. The molecule has 44 heavy (non-hydrogen) atoms. The van der Waals surface area contributed by atoms with E-state index in [2.05, 4.69) is 5.32 Å². The molecular weight excluding hydrogens is 593 g/mol. The van der Waals surface area contributed by atoms with E-state index in [1.165, 1.54) is 23.5 Å². The number of nitrogens with zero attached hydrogens (tertiary/aromatic N) is 4. The van der Waals surface area contributed by atoms with Crippen molar-refractivity contribution in [1.82, 2.24) is 19.2 Å². The minimum absolute atomic E-state index is 0.0370. The van der Waals surface area contributed by atoms with Crippen molar-refractivity contribution in [2.45, 2.75) is 38.0 Å². The maximum atomic E-state index is 14.3. The van der Waals surface area contributed by atoms with Gasteiger partial charge in [-0.25, -0.2) is 9.37 Å². The van der Waals surface area contributed by atoms with Crippen LogP contribution in [-0.4, -0.2) is 74.7 Å². The van der Waals surface area contributed by atoms with Gasteiger partial charge < -0.3 is 19.5 Å². The average molecular weight is 628 g/mol. The van der Waals surface area contributed by atoms with E-state index >= 15 is 0 Å². The highest BCUT2D eigenvalue weighted by molar-refractivity contribution is 7.90. The molecule has 6 rings (SSSR count). The number of hydrogen-bond acceptors (Lipinski definition) is 8. The van der Waals surface area contributed by atoms with Crippen LogP contribution in [0.15, 0.2) is 53.3 Å². The van der Waals surface area contributed by atoms with Crippen molar-refractivity contribution in [2.24, 2.45) is 0 Å². The van der Waals surface area contributed by atoms with E-state index in [0.717, 1.165) is 15.9 Å². The van der Waals surface area contributed by atoms with Gasteiger partial charge >= 0.3 is 10.2 Å². The summed E-state index contributed by atoms with van der Waals surface area (Å²) in [4.78, 5) is 32.6. The molecule has 4 heterocycles. The Bertz CT molecular complexity index is 1710. The molecule has 3 aliphatic heterocycles. The highest BCUT2D eigenvalue weighted by atomic mass is 32.2. The Balaban J connectivity index is 1.36. The SMILES string of the molecule is CN1CCN(c2cc(F)ccc2CNC(=O)c2nc3n(c(=O)c2OCc2ccccc2)CCOCC32CCOCC2)S1(=O)=O. The zero-order chi connectivity index (χ0) is 30.9. The fourth-order valence-corrected chi connectivity index (χ4v) is 7.21. The van der Waals surface area contributed by atoms with Crippen molar-refractivity contribution in [3.63, 3.8) is 0 Å². The van der Waals surface area contributed by atoms with Gasteiger partial charge in [-0.05, 0) is 36.1 Å². The van der Waals surface area contributed by atoms with E-state index in [0.29, 0.717) is 50.7 Å². The third-order valence-electron chi connectivity index (χ3n) is 8.38. The molecular formula is C30H34FN5O7S. The molecule has 0 atom stereocenters. The zero-order valence-corrected chi connectivity index (χ0v) is 25.1. The van der Waals surface area contributed by atoms with Crippen LogP contribution in [0.4, 0.5) is 10.1 Å². The number of ether oxygens (including phenoxy) is 3. The Morgan fingerprint density at radius 3 is 2.57 bits per heavy atom. The van der Waals surface area contributed by atoms with E-state index in [9.17, 15) is 22.4 Å². The van der Waals surface area contributed by atoms with Crippen LogP contribution in [0, 0.1) is 5.82 Å². The van der Waals surface area contributed by atoms with Gasteiger partial charge in [0.1, 0.15) is 18.2 Å². The third-order valence-corrected chi connectivity index (χ3v) is 10.3. The van der Waals surface area contributed by atoms with Gasteiger partial charge in [0.2, 0.25) is 5.75 Å². The lowest BCUT2D eigenvalue weighted by molar-refractivity contribution is 0.00412. The van der Waals surface area contributed by atoms with Crippen LogP contribution in [0.3, 0.4) is 0 Å². The van der Waals surface area contributed by atoms with Crippen LogP contribution >= 0.6 is 0 Å². The topological polar surface area (TPSA) is 132 Å². The molecule has 2 saturated heterocycles. The number of hydrogen-bond donors (Lipinski definition) is 1. The summed E-state index contributed by atoms with van der Waals surface area (Å²) < 4.78 is 61.4. The van der Waals surface area contributed by atoms with E-state index in [1.54, 1.807) is 4.57 Å². The number of carbonyl (C=O) groups excluding carboxylic acids is 1. The fraction of sp³-hybridized carbons (Fsp3) is 0.433. The molecule has 12 nitrogen and oxygen atoms in total. The van der Waals surface area contributed by atoms with Crippen LogP contribution in [-0.2, 0) is 44.8 Å². The number of fused-ring (bicyclic) bond motifs is 2. The van der Waals surface area contributed by atoms with Crippen molar-refractivity contribution in [3.05, 3.63) is 87.3 Å². The van der Waals surface area contributed by atoms with Crippen LogP contribution in [0.25, 0.3) is 0 Å². The predicted molar refractivity (Wildman–Crippen MR) is 158 cm³/mol. The predicted octanol–water partition coefficient (Wildman–Crippen LogP) is 1.97. The minimum Gasteiger partial charge on any atom is -0.481 e. The molecule has 0 unspecified atom stereocenters. The number of nitrogens with one attached hydrogen (secondary N) is 1. The molecule has 3 aromatic rings. The van der Waals surface area contributed by atoms with E-state index < -0.39 is 32.9 Å². The Morgan fingerprint density at radius 1 is 1.07 bits per heavy atom. The van der Waals surface area contributed by atoms with Crippen LogP contribution in [0.1, 0.15) is 40.3 Å². The van der Waals surface area contributed by atoms with Crippen molar-refractivity contribution < 1.29 is 31.8 Å². The Morgan fingerprint density at radius 2 is 1.84 bits per heavy atom. The standard InChI is InChI=1S/C30H34FN5O7S/c1-34-11-12-36(44(34,39)40)24-17-23(31)8-7-22(24)18-32-27(37)25-26(43-19-21-5-3-2-4-6-21)28(38)35-13-16-42-20-30(29(35)33-25)9-14-41-15-10-30/h2-8,17H,9-16,18-20H2,1H3,(H,32,37). The molecule has 0 bridgehead atoms. The number of carbonyl (C=O) groups is 1. The quantitative estimate of drug-likeness (QED) is 0.421. The zero-order valence-electron chi connectivity index (χ0n) is 24.3. The summed E-state index contributed by atoms with van der Waals surface area (Å²) in [6.07, 6.45) is 1.14. The Labute approximate surface area is 254 Å². The summed E-state index contributed by atoms with van der Waals surface area (Å²) in [5.41, 5.74) is 0.0364. The van der Waals surface area contributed by atoms with Crippen molar-refractivity contribution >= 4 is 21.8 Å². The van der Waals surface area contributed by atoms with Crippen molar-refractivity contribution in [3.8, 4) is 5.75 Å². The third kappa shape index (κ3) is 5.70. The Hall–Kier alpha value is -3.85. The van der Waals surface area contributed by atoms with Gasteiger partial charge in [0.15, 0.2) is 5.69 Å². The molecule has 1 spiro atoms. The summed E-state index contributed by atoms with van der Waals surface area (Å²) in [5, 5.41) is 2.77. The number of benzene rings is 2. The molecule has 234 valence electrons. The normalized spacial score (nSPS) is 19.4. The van der Waals surface area contributed by atoms with Crippen molar-refractivity contribution in [2.75, 3.05) is 50.9 Å². The second-order valence-corrected chi connectivity index (χ2v) is 13.1. The second-order valence-electron chi connectivity index (χ2n) is 11.1. The van der Waals surface area contributed by atoms with Gasteiger partial charge in [-0.1, -0.05) is 36.4 Å². The molecule has 0 radical (unpaired) electrons. The summed E-state index contributed by atoms with van der Waals surface area (Å²) in [7, 11) is -2.39. The maximum Gasteiger partial charge on any atom is 0.303 e. The van der Waals surface area contributed by atoms with E-state index in [4.69, 9.17) is 19.2 Å². The van der Waals surface area contributed by atoms with Crippen molar-refractivity contribution in [1.29, 1.82) is 0 Å². The Kier molecular flexibility index (Phi) is 8.42. The smallest absolute Gasteiger partial charge is 0.303 e. The number of halogens is 1.